The Morgan fingerprint density at radius 1 is 1.32 bits per heavy atom. The molecule has 3 nitrogen and oxygen atoms in total. The van der Waals surface area contributed by atoms with Crippen molar-refractivity contribution in [2.75, 3.05) is 13.2 Å². The van der Waals surface area contributed by atoms with Crippen LogP contribution in [-0.2, 0) is 11.2 Å². The zero-order chi connectivity index (χ0) is 15.7. The summed E-state index contributed by atoms with van der Waals surface area (Å²) >= 11 is 1.79. The Morgan fingerprint density at radius 2 is 2.05 bits per heavy atom. The van der Waals surface area contributed by atoms with E-state index in [4.69, 9.17) is 4.74 Å². The summed E-state index contributed by atoms with van der Waals surface area (Å²) in [5.41, 5.74) is 3.43. The fourth-order valence-corrected chi connectivity index (χ4v) is 4.06. The van der Waals surface area contributed by atoms with Gasteiger partial charge in [0, 0.05) is 11.4 Å². The van der Waals surface area contributed by atoms with Crippen LogP contribution < -0.4 is 4.74 Å². The standard InChI is InChI=1S/C18H21NO2S/c1-12-5-4-6-13(2)18(12)21-11-17(20)19-9-7-16-15(14(19)3)8-10-22-16/h4-6,8,10,14H,7,9,11H2,1-3H3/t14-/m0/s1. The third-order valence-electron chi connectivity index (χ3n) is 4.35. The molecule has 116 valence electrons. The molecule has 0 aliphatic carbocycles. The molecule has 1 atom stereocenters. The highest BCUT2D eigenvalue weighted by Gasteiger charge is 2.28. The molecular weight excluding hydrogens is 294 g/mol. The van der Waals surface area contributed by atoms with E-state index in [1.165, 1.54) is 10.4 Å². The third kappa shape index (κ3) is 2.75. The summed E-state index contributed by atoms with van der Waals surface area (Å²) in [5, 5.41) is 2.11. The lowest BCUT2D eigenvalue weighted by molar-refractivity contribution is -0.135. The lowest BCUT2D eigenvalue weighted by Gasteiger charge is -2.33. The Kier molecular flexibility index (Phi) is 4.21. The second-order valence-electron chi connectivity index (χ2n) is 5.82. The smallest absolute Gasteiger partial charge is 0.261 e. The molecule has 22 heavy (non-hydrogen) atoms. The molecular formula is C18H21NO2S. The van der Waals surface area contributed by atoms with Gasteiger partial charge in [0.25, 0.3) is 5.91 Å². The molecule has 0 saturated heterocycles. The predicted octanol–water partition coefficient (Wildman–Crippen LogP) is 3.89. The number of ether oxygens (including phenoxy) is 1. The van der Waals surface area contributed by atoms with Crippen LogP contribution in [0, 0.1) is 13.8 Å². The highest BCUT2D eigenvalue weighted by molar-refractivity contribution is 7.10. The summed E-state index contributed by atoms with van der Waals surface area (Å²) < 4.78 is 5.81. The molecule has 0 radical (unpaired) electrons. The molecule has 0 saturated carbocycles. The van der Waals surface area contributed by atoms with Gasteiger partial charge in [-0.2, -0.15) is 0 Å². The molecule has 0 spiro atoms. The average molecular weight is 315 g/mol. The SMILES string of the molecule is Cc1cccc(C)c1OCC(=O)N1CCc2sccc2[C@@H]1C. The maximum Gasteiger partial charge on any atom is 0.261 e. The number of nitrogens with zero attached hydrogens (tertiary/aromatic N) is 1. The van der Waals surface area contributed by atoms with Crippen molar-refractivity contribution in [3.63, 3.8) is 0 Å². The van der Waals surface area contributed by atoms with Crippen LogP contribution >= 0.6 is 11.3 Å². The van der Waals surface area contributed by atoms with E-state index in [-0.39, 0.29) is 18.6 Å². The van der Waals surface area contributed by atoms with Crippen LogP contribution in [0.1, 0.15) is 34.5 Å². The van der Waals surface area contributed by atoms with E-state index in [0.717, 1.165) is 29.8 Å². The Morgan fingerprint density at radius 3 is 2.77 bits per heavy atom. The van der Waals surface area contributed by atoms with Gasteiger partial charge in [0.1, 0.15) is 5.75 Å². The van der Waals surface area contributed by atoms with Crippen molar-refractivity contribution in [3.8, 4) is 5.75 Å². The first-order valence-electron chi connectivity index (χ1n) is 7.62. The quantitative estimate of drug-likeness (QED) is 0.860. The van der Waals surface area contributed by atoms with Crippen LogP contribution in [0.25, 0.3) is 0 Å². The summed E-state index contributed by atoms with van der Waals surface area (Å²) in [4.78, 5) is 15.9. The van der Waals surface area contributed by atoms with Gasteiger partial charge in [0.15, 0.2) is 6.61 Å². The molecule has 1 aromatic carbocycles. The van der Waals surface area contributed by atoms with Crippen molar-refractivity contribution in [2.45, 2.75) is 33.2 Å². The normalized spacial score (nSPS) is 17.2. The lowest BCUT2D eigenvalue weighted by Crippen LogP contribution is -2.40. The Hall–Kier alpha value is -1.81. The molecule has 2 aromatic rings. The van der Waals surface area contributed by atoms with E-state index < -0.39 is 0 Å². The van der Waals surface area contributed by atoms with Crippen LogP contribution in [0.3, 0.4) is 0 Å². The van der Waals surface area contributed by atoms with Crippen LogP contribution in [0.2, 0.25) is 0 Å². The molecule has 0 unspecified atom stereocenters. The largest absolute Gasteiger partial charge is 0.483 e. The molecule has 1 amide bonds. The minimum atomic E-state index is 0.0620. The van der Waals surface area contributed by atoms with Gasteiger partial charge < -0.3 is 9.64 Å². The topological polar surface area (TPSA) is 29.5 Å². The van der Waals surface area contributed by atoms with E-state index in [1.807, 2.05) is 36.9 Å². The number of fused-ring (bicyclic) bond motifs is 1. The number of para-hydroxylation sites is 1. The Bertz CT molecular complexity index is 672. The number of benzene rings is 1. The third-order valence-corrected chi connectivity index (χ3v) is 5.34. The van der Waals surface area contributed by atoms with E-state index >= 15 is 0 Å². The summed E-state index contributed by atoms with van der Waals surface area (Å²) in [7, 11) is 0. The van der Waals surface area contributed by atoms with Crippen LogP contribution in [0.15, 0.2) is 29.6 Å². The summed E-state index contributed by atoms with van der Waals surface area (Å²) in [6.07, 6.45) is 0.951. The van der Waals surface area contributed by atoms with Crippen molar-refractivity contribution in [3.05, 3.63) is 51.2 Å². The maximum atomic E-state index is 12.5. The van der Waals surface area contributed by atoms with Crippen molar-refractivity contribution in [1.29, 1.82) is 0 Å². The number of hydrogen-bond acceptors (Lipinski definition) is 3. The lowest BCUT2D eigenvalue weighted by atomic mass is 10.0. The Labute approximate surface area is 135 Å². The molecule has 1 aliphatic rings. The molecule has 3 rings (SSSR count). The zero-order valence-corrected chi connectivity index (χ0v) is 14.1. The number of thiophene rings is 1. The average Bonchev–Trinajstić information content (AvgIpc) is 2.96. The van der Waals surface area contributed by atoms with Crippen molar-refractivity contribution in [2.24, 2.45) is 0 Å². The van der Waals surface area contributed by atoms with E-state index in [9.17, 15) is 4.79 Å². The first kappa shape index (κ1) is 15.1. The first-order chi connectivity index (χ1) is 10.6. The predicted molar refractivity (Wildman–Crippen MR) is 89.6 cm³/mol. The van der Waals surface area contributed by atoms with E-state index in [2.05, 4.69) is 18.4 Å². The number of aryl methyl sites for hydroxylation is 2. The summed E-state index contributed by atoms with van der Waals surface area (Å²) in [5.74, 6) is 0.892. The molecule has 0 N–H and O–H groups in total. The number of carbonyl (C=O) groups is 1. The number of amides is 1. The molecule has 0 fully saturated rings. The maximum absolute atomic E-state index is 12.5. The molecule has 2 heterocycles. The first-order valence-corrected chi connectivity index (χ1v) is 8.50. The van der Waals surface area contributed by atoms with Gasteiger partial charge in [-0.25, -0.2) is 0 Å². The summed E-state index contributed by atoms with van der Waals surface area (Å²) in [6, 6.07) is 8.30. The minimum Gasteiger partial charge on any atom is -0.483 e. The highest BCUT2D eigenvalue weighted by Crippen LogP contribution is 2.33. The highest BCUT2D eigenvalue weighted by atomic mass is 32.1. The fourth-order valence-electron chi connectivity index (χ4n) is 3.09. The minimum absolute atomic E-state index is 0.0620. The van der Waals surface area contributed by atoms with Crippen LogP contribution in [0.5, 0.6) is 5.75 Å². The van der Waals surface area contributed by atoms with E-state index in [1.54, 1.807) is 11.3 Å². The van der Waals surface area contributed by atoms with Crippen molar-refractivity contribution >= 4 is 17.2 Å². The second-order valence-corrected chi connectivity index (χ2v) is 6.82. The number of carbonyl (C=O) groups excluding carboxylic acids is 1. The van der Waals surface area contributed by atoms with Crippen LogP contribution in [0.4, 0.5) is 0 Å². The Balaban J connectivity index is 1.68. The fraction of sp³-hybridized carbons (Fsp3) is 0.389. The zero-order valence-electron chi connectivity index (χ0n) is 13.3. The molecule has 4 heteroatoms. The van der Waals surface area contributed by atoms with Gasteiger partial charge in [0.05, 0.1) is 6.04 Å². The van der Waals surface area contributed by atoms with Gasteiger partial charge in [-0.1, -0.05) is 18.2 Å². The van der Waals surface area contributed by atoms with Gasteiger partial charge in [-0.05, 0) is 55.3 Å². The van der Waals surface area contributed by atoms with Gasteiger partial charge >= 0.3 is 0 Å². The van der Waals surface area contributed by atoms with E-state index in [0.29, 0.717) is 0 Å². The van der Waals surface area contributed by atoms with Gasteiger partial charge in [-0.3, -0.25) is 4.79 Å². The summed E-state index contributed by atoms with van der Waals surface area (Å²) in [6.45, 7) is 7.00. The number of hydrogen-bond donors (Lipinski definition) is 0. The van der Waals surface area contributed by atoms with Crippen molar-refractivity contribution in [1.82, 2.24) is 4.90 Å². The molecule has 1 aliphatic heterocycles. The van der Waals surface area contributed by atoms with Gasteiger partial charge in [0.2, 0.25) is 0 Å². The molecule has 0 bridgehead atoms. The van der Waals surface area contributed by atoms with Gasteiger partial charge in [-0.15, -0.1) is 11.3 Å². The molecule has 1 aromatic heterocycles. The van der Waals surface area contributed by atoms with Crippen LogP contribution in [-0.4, -0.2) is 24.0 Å². The number of rotatable bonds is 3. The van der Waals surface area contributed by atoms with Crippen molar-refractivity contribution < 1.29 is 9.53 Å². The second kappa shape index (κ2) is 6.13. The monoisotopic (exact) mass is 315 g/mol.